The van der Waals surface area contributed by atoms with Crippen LogP contribution in [0.3, 0.4) is 0 Å². The van der Waals surface area contributed by atoms with E-state index in [-0.39, 0.29) is 68.2 Å². The van der Waals surface area contributed by atoms with Crippen LogP contribution in [0.15, 0.2) is 0 Å². The predicted octanol–water partition coefficient (Wildman–Crippen LogP) is -1.97. The number of carboxylic acid groups (broad SMARTS) is 6. The molecule has 0 aromatic carbocycles. The molecule has 0 bridgehead atoms. The molecule has 0 saturated carbocycles. The number of ether oxygens (including phenoxy) is 2. The number of H-pyrrole nitrogens is 1. The summed E-state index contributed by atoms with van der Waals surface area (Å²) < 4.78 is 9.29. The molecule has 1 rings (SSSR count). The number of nitrogens with two attached hydrogens (primary N) is 1. The van der Waals surface area contributed by atoms with E-state index in [1.165, 1.54) is 11.8 Å². The Bertz CT molecular complexity index is 1780. The molecule has 69 heavy (non-hydrogen) atoms. The maximum Gasteiger partial charge on any atom is 0.373 e. The number of nitrogens with zero attached hydrogens (tertiary/aromatic N) is 3. The van der Waals surface area contributed by atoms with Crippen molar-refractivity contribution in [1.29, 1.82) is 0 Å². The summed E-state index contributed by atoms with van der Waals surface area (Å²) in [5.41, 5.74) is 5.30. The minimum absolute atomic E-state index is 0.0425. The summed E-state index contributed by atoms with van der Waals surface area (Å²) in [7, 11) is 0. The molecule has 390 valence electrons. The van der Waals surface area contributed by atoms with Crippen molar-refractivity contribution < 1.29 is 102 Å². The Morgan fingerprint density at radius 3 is 1.52 bits per heavy atom. The fourth-order valence-electron chi connectivity index (χ4n) is 4.44. The highest BCUT2D eigenvalue weighted by molar-refractivity contribution is 8.00. The number of tetrazole rings is 1. The Hall–Kier alpha value is -7.67. The number of aromatic nitrogens is 4. The number of carboxylic acids is 6. The van der Waals surface area contributed by atoms with Crippen LogP contribution in [0.2, 0.25) is 0 Å². The second-order valence-electron chi connectivity index (χ2n) is 14.3. The molecule has 1 aromatic heterocycles. The number of unbranched alkanes of at least 4 members (excludes halogenated alkanes) is 1. The first kappa shape index (κ1) is 65.6. The first-order valence-corrected chi connectivity index (χ1v) is 21.1. The van der Waals surface area contributed by atoms with Crippen LogP contribution in [0.25, 0.3) is 0 Å². The first-order valence-electron chi connectivity index (χ1n) is 20.1. The van der Waals surface area contributed by atoms with Crippen LogP contribution in [0.5, 0.6) is 0 Å². The summed E-state index contributed by atoms with van der Waals surface area (Å²) in [6.07, 6.45) is -0.848. The summed E-state index contributed by atoms with van der Waals surface area (Å²) in [6, 6.07) is -6.08. The van der Waals surface area contributed by atoms with Crippen LogP contribution in [0.4, 0.5) is 14.4 Å². The van der Waals surface area contributed by atoms with Crippen molar-refractivity contribution in [3.05, 3.63) is 5.82 Å². The molecule has 0 saturated heterocycles. The van der Waals surface area contributed by atoms with Crippen molar-refractivity contribution in [3.63, 3.8) is 0 Å². The second kappa shape index (κ2) is 39.5. The number of carbonyl (C=O) groups excluding carboxylic acids is 7. The topological polar surface area (TPSA) is 514 Å². The molecule has 1 heterocycles. The number of aliphatic carboxylic acids is 6. The van der Waals surface area contributed by atoms with Crippen molar-refractivity contribution in [1.82, 2.24) is 52.5 Å². The van der Waals surface area contributed by atoms with Crippen molar-refractivity contribution >= 4 is 84.8 Å². The number of amides is 6. The van der Waals surface area contributed by atoms with E-state index in [0.717, 1.165) is 0 Å². The monoisotopic (exact) mass is 1010 g/mol. The molecule has 0 aliphatic rings. The highest BCUT2D eigenvalue weighted by atomic mass is 32.2. The zero-order valence-electron chi connectivity index (χ0n) is 37.6. The number of rotatable bonds is 31. The average Bonchev–Trinajstić information content (AvgIpc) is 3.77. The van der Waals surface area contributed by atoms with Gasteiger partial charge in [-0.25, -0.2) is 28.8 Å². The average molecular weight is 1010 g/mol. The van der Waals surface area contributed by atoms with Gasteiger partial charge in [0.2, 0.25) is 0 Å². The molecule has 0 radical (unpaired) electrons. The van der Waals surface area contributed by atoms with Gasteiger partial charge in [-0.3, -0.25) is 24.0 Å². The van der Waals surface area contributed by atoms with Crippen molar-refractivity contribution in [3.8, 4) is 0 Å². The van der Waals surface area contributed by atoms with Gasteiger partial charge in [0, 0.05) is 43.4 Å². The van der Waals surface area contributed by atoms with Gasteiger partial charge in [0.25, 0.3) is 12.9 Å². The molecular weight excluding hydrogens is 955 g/mol. The number of hydrogen-bond acceptors (Lipinski definition) is 20. The first-order chi connectivity index (χ1) is 32.3. The number of hydrogen-bond donors (Lipinski definition) is 14. The zero-order chi connectivity index (χ0) is 53.4. The normalized spacial score (nSPS) is 12.2. The van der Waals surface area contributed by atoms with Gasteiger partial charge in [0.15, 0.2) is 18.3 Å². The lowest BCUT2D eigenvalue weighted by molar-refractivity contribution is -0.192. The van der Waals surface area contributed by atoms with Gasteiger partial charge in [0.05, 0.1) is 5.75 Å². The van der Waals surface area contributed by atoms with Crippen molar-refractivity contribution in [2.75, 3.05) is 18.8 Å². The fraction of sp³-hybridized carbons (Fsp3) is 0.639. The molecule has 1 aromatic rings. The van der Waals surface area contributed by atoms with E-state index in [2.05, 4.69) is 57.3 Å². The van der Waals surface area contributed by atoms with Gasteiger partial charge < -0.3 is 77.7 Å². The van der Waals surface area contributed by atoms with Crippen molar-refractivity contribution in [2.24, 2.45) is 5.73 Å². The van der Waals surface area contributed by atoms with E-state index < -0.39 is 97.3 Å². The third kappa shape index (κ3) is 41.5. The molecule has 33 heteroatoms. The van der Waals surface area contributed by atoms with E-state index in [0.29, 0.717) is 38.1 Å². The minimum Gasteiger partial charge on any atom is -0.481 e. The molecule has 0 aliphatic heterocycles. The molecule has 6 amide bonds. The van der Waals surface area contributed by atoms with Crippen LogP contribution in [-0.2, 0) is 63.8 Å². The Morgan fingerprint density at radius 1 is 0.667 bits per heavy atom. The molecule has 0 spiro atoms. The van der Waals surface area contributed by atoms with Crippen LogP contribution >= 0.6 is 11.8 Å². The quantitative estimate of drug-likeness (QED) is 0.0218. The Morgan fingerprint density at radius 2 is 1.12 bits per heavy atom. The van der Waals surface area contributed by atoms with Crippen LogP contribution in [-0.4, -0.2) is 178 Å². The van der Waals surface area contributed by atoms with E-state index >= 15 is 0 Å². The highest BCUT2D eigenvalue weighted by Crippen LogP contribution is 2.23. The lowest BCUT2D eigenvalue weighted by atomic mass is 10.1. The van der Waals surface area contributed by atoms with Gasteiger partial charge in [0.1, 0.15) is 18.1 Å². The lowest BCUT2D eigenvalue weighted by Crippen LogP contribution is -2.50. The van der Waals surface area contributed by atoms with Gasteiger partial charge in [-0.05, 0) is 45.1 Å². The number of carbonyl (C=O) groups is 11. The SMILES string of the molecule is CC(C)(C)SC[C@H](NC(=O)N[C@@H](CCC(=O)O)C(=O)O)OC=O.NCCCC[C@H](NC(=O)NCCCC(=O)O)C(=O)O.O=C=O.O=CO[C@H](CCc1nn[nH]n1)NC(=O)N[C@@H](CCC(=O)O)C(=O)O. The van der Waals surface area contributed by atoms with E-state index in [1.807, 2.05) is 20.8 Å². The number of urea groups is 3. The third-order valence-electron chi connectivity index (χ3n) is 7.61. The van der Waals surface area contributed by atoms with Gasteiger partial charge >= 0.3 is 60.1 Å². The van der Waals surface area contributed by atoms with Crippen LogP contribution in [0.1, 0.15) is 90.8 Å². The van der Waals surface area contributed by atoms with Gasteiger partial charge in [-0.15, -0.1) is 10.2 Å². The molecule has 0 fully saturated rings. The largest absolute Gasteiger partial charge is 0.481 e. The van der Waals surface area contributed by atoms with Crippen LogP contribution < -0.4 is 37.6 Å². The Balaban J connectivity index is -0.000000925. The number of aryl methyl sites for hydroxylation is 1. The molecule has 5 atom stereocenters. The summed E-state index contributed by atoms with van der Waals surface area (Å²) in [4.78, 5) is 136. The predicted molar refractivity (Wildman–Crippen MR) is 229 cm³/mol. The highest BCUT2D eigenvalue weighted by Gasteiger charge is 2.25. The van der Waals surface area contributed by atoms with Gasteiger partial charge in [-0.2, -0.15) is 26.6 Å². The number of nitrogens with one attached hydrogen (secondary N) is 7. The smallest absolute Gasteiger partial charge is 0.373 e. The molecule has 32 nitrogen and oxygen atoms in total. The molecule has 15 N–H and O–H groups in total. The third-order valence-corrected chi connectivity index (χ3v) is 8.95. The second-order valence-corrected chi connectivity index (χ2v) is 16.1. The number of aromatic amines is 1. The molecule has 0 aliphatic carbocycles. The maximum atomic E-state index is 11.8. The Kier molecular flexibility index (Phi) is 37.6. The van der Waals surface area contributed by atoms with E-state index in [9.17, 15) is 52.7 Å². The maximum absolute atomic E-state index is 11.8. The zero-order valence-corrected chi connectivity index (χ0v) is 38.4. The van der Waals surface area contributed by atoms with Crippen LogP contribution in [0, 0.1) is 0 Å². The minimum atomic E-state index is -1.39. The van der Waals surface area contributed by atoms with E-state index in [1.54, 1.807) is 0 Å². The molecule has 0 unspecified atom stereocenters. The fourth-order valence-corrected chi connectivity index (χ4v) is 5.25. The van der Waals surface area contributed by atoms with Crippen molar-refractivity contribution in [2.45, 2.75) is 127 Å². The lowest BCUT2D eigenvalue weighted by Gasteiger charge is -2.23. The summed E-state index contributed by atoms with van der Waals surface area (Å²) in [6.45, 7) is 6.82. The standard InChI is InChI=1S/C13H22N2O7S.C11H16N6O7.C11H21N3O5.CO2/c1-13(2,3)23-6-9(22-7-16)15-12(21)14-8(11(19)20)4-5-10(17)18;18-5-24-8(3-2-7-14-16-17-15-7)13-11(23)12-6(10(21)22)1-4-9(19)20;12-6-2-1-4-8(10(17)18)14-11(19)13-7-3-5-9(15)16;2-1-3/h7-9H,4-6H2,1-3H3,(H,17,18)(H,19,20)(H2,14,15,21);5-6,8H,1-4H2,(H,19,20)(H,21,22)(H2,12,13,23)(H,14,15,16,17);8H,1-7,12H2,(H,15,16)(H,17,18)(H2,13,14,19);/t8-,9+;6-,8+;8-;/m000./s1. The summed E-state index contributed by atoms with van der Waals surface area (Å²) in [5, 5.41) is 78.8. The van der Waals surface area contributed by atoms with E-state index in [4.69, 9.17) is 50.7 Å². The van der Waals surface area contributed by atoms with Gasteiger partial charge in [-0.1, -0.05) is 26.0 Å². The summed E-state index contributed by atoms with van der Waals surface area (Å²) in [5.74, 6) is -6.51. The number of thioether (sulfide) groups is 1. The Labute approximate surface area is 396 Å². The summed E-state index contributed by atoms with van der Waals surface area (Å²) >= 11 is 1.44. The molecular formula is C36H59N11O21S.